The molecule has 1 saturated carbocycles. The van der Waals surface area contributed by atoms with Gasteiger partial charge in [0.1, 0.15) is 12.1 Å². The van der Waals surface area contributed by atoms with Gasteiger partial charge in [-0.1, -0.05) is 19.3 Å². The average Bonchev–Trinajstić information content (AvgIpc) is 3.05. The van der Waals surface area contributed by atoms with E-state index in [4.69, 9.17) is 9.47 Å². The molecule has 4 rings (SSSR count). The van der Waals surface area contributed by atoms with Crippen LogP contribution in [-0.4, -0.2) is 46.9 Å². The summed E-state index contributed by atoms with van der Waals surface area (Å²) in [5, 5.41) is 5.66. The topological polar surface area (TPSA) is 110 Å². The number of carbonyl (C=O) groups is 3. The van der Waals surface area contributed by atoms with Gasteiger partial charge in [0.2, 0.25) is 5.91 Å². The van der Waals surface area contributed by atoms with Gasteiger partial charge >= 0.3 is 6.03 Å². The summed E-state index contributed by atoms with van der Waals surface area (Å²) in [6, 6.07) is 8.40. The molecule has 2 heterocycles. The van der Waals surface area contributed by atoms with Crippen LogP contribution in [0.25, 0.3) is 0 Å². The number of nitrogens with one attached hydrogen (secondary N) is 2. The van der Waals surface area contributed by atoms with Crippen molar-refractivity contribution >= 4 is 23.5 Å². The van der Waals surface area contributed by atoms with Crippen molar-refractivity contribution < 1.29 is 23.9 Å². The lowest BCUT2D eigenvalue weighted by atomic mass is 9.82. The maximum Gasteiger partial charge on any atom is 0.325 e. The van der Waals surface area contributed by atoms with E-state index >= 15 is 0 Å². The number of methoxy groups -OCH3 is 1. The second-order valence-electron chi connectivity index (χ2n) is 8.34. The fourth-order valence-corrected chi connectivity index (χ4v) is 4.32. The number of urea groups is 1. The van der Waals surface area contributed by atoms with Crippen molar-refractivity contribution in [3.05, 3.63) is 48.3 Å². The number of anilines is 1. The van der Waals surface area contributed by atoms with Crippen LogP contribution in [0.4, 0.5) is 10.5 Å². The molecule has 1 aliphatic carbocycles. The van der Waals surface area contributed by atoms with Crippen molar-refractivity contribution in [1.82, 2.24) is 15.2 Å². The van der Waals surface area contributed by atoms with Crippen molar-refractivity contribution in [3.8, 4) is 11.5 Å². The first kappa shape index (κ1) is 22.6. The van der Waals surface area contributed by atoms with Gasteiger partial charge in [-0.15, -0.1) is 0 Å². The summed E-state index contributed by atoms with van der Waals surface area (Å²) in [5.74, 6) is 0.515. The van der Waals surface area contributed by atoms with Crippen LogP contribution in [0.5, 0.6) is 11.5 Å². The van der Waals surface area contributed by atoms with Gasteiger partial charge in [-0.2, -0.15) is 0 Å². The quantitative estimate of drug-likeness (QED) is 0.595. The minimum Gasteiger partial charge on any atom is -0.493 e. The third kappa shape index (κ3) is 5.08. The fourth-order valence-electron chi connectivity index (χ4n) is 4.32. The zero-order valence-corrected chi connectivity index (χ0v) is 18.6. The molecule has 1 aromatic heterocycles. The second kappa shape index (κ2) is 9.89. The molecule has 1 spiro atoms. The summed E-state index contributed by atoms with van der Waals surface area (Å²) in [7, 11) is 1.55. The molecular formula is C24H28N4O5. The molecule has 0 bridgehead atoms. The molecular weight excluding hydrogens is 424 g/mol. The Morgan fingerprint density at radius 3 is 2.61 bits per heavy atom. The molecule has 9 nitrogen and oxygen atoms in total. The molecule has 2 aliphatic rings. The van der Waals surface area contributed by atoms with Gasteiger partial charge in [-0.3, -0.25) is 19.5 Å². The molecule has 1 aromatic carbocycles. The van der Waals surface area contributed by atoms with Crippen molar-refractivity contribution in [2.75, 3.05) is 19.0 Å². The Morgan fingerprint density at radius 2 is 1.88 bits per heavy atom. The largest absolute Gasteiger partial charge is 0.493 e. The first-order valence-corrected chi connectivity index (χ1v) is 11.1. The zero-order chi connectivity index (χ0) is 23.3. The summed E-state index contributed by atoms with van der Waals surface area (Å²) < 4.78 is 11.2. The summed E-state index contributed by atoms with van der Waals surface area (Å²) in [4.78, 5) is 42.9. The van der Waals surface area contributed by atoms with E-state index in [1.165, 1.54) is 4.90 Å². The number of carbonyl (C=O) groups excluding carboxylic acids is 3. The normalized spacial score (nSPS) is 17.1. The summed E-state index contributed by atoms with van der Waals surface area (Å²) in [6.45, 7) is 0.365. The molecule has 174 valence electrons. The Kier molecular flexibility index (Phi) is 6.76. The Balaban J connectivity index is 1.34. The number of benzene rings is 1. The first-order chi connectivity index (χ1) is 16.0. The van der Waals surface area contributed by atoms with E-state index in [9.17, 15) is 14.4 Å². The predicted molar refractivity (Wildman–Crippen MR) is 121 cm³/mol. The highest BCUT2D eigenvalue weighted by molar-refractivity contribution is 6.07. The molecule has 2 N–H and O–H groups in total. The second-order valence-corrected chi connectivity index (χ2v) is 8.34. The lowest BCUT2D eigenvalue weighted by Gasteiger charge is -2.30. The Bertz CT molecular complexity index is 1020. The number of hydrogen-bond acceptors (Lipinski definition) is 6. The molecule has 1 aliphatic heterocycles. The van der Waals surface area contributed by atoms with Gasteiger partial charge < -0.3 is 20.1 Å². The number of hydrogen-bond donors (Lipinski definition) is 2. The Labute approximate surface area is 192 Å². The van der Waals surface area contributed by atoms with Crippen LogP contribution in [0.1, 0.15) is 44.1 Å². The summed E-state index contributed by atoms with van der Waals surface area (Å²) in [5.41, 5.74) is 0.709. The number of imide groups is 1. The fraction of sp³-hybridized carbons (Fsp3) is 0.417. The van der Waals surface area contributed by atoms with E-state index in [-0.39, 0.29) is 24.8 Å². The van der Waals surface area contributed by atoms with Crippen LogP contribution in [0.2, 0.25) is 0 Å². The number of aromatic nitrogens is 1. The van der Waals surface area contributed by atoms with Crippen LogP contribution in [0.3, 0.4) is 0 Å². The highest BCUT2D eigenvalue weighted by Crippen LogP contribution is 2.34. The van der Waals surface area contributed by atoms with Crippen LogP contribution in [0.15, 0.2) is 42.7 Å². The highest BCUT2D eigenvalue weighted by atomic mass is 16.5. The molecule has 0 atom stereocenters. The van der Waals surface area contributed by atoms with Gasteiger partial charge in [0.05, 0.1) is 7.11 Å². The lowest BCUT2D eigenvalue weighted by molar-refractivity contribution is -0.132. The Morgan fingerprint density at radius 1 is 1.12 bits per heavy atom. The number of pyridine rings is 1. The SMILES string of the molecule is COc1ccc(NC(=O)CCN2C(=O)NC3(CCCCC3)C2=O)cc1OCc1ccncc1. The zero-order valence-electron chi connectivity index (χ0n) is 18.6. The van der Waals surface area contributed by atoms with E-state index < -0.39 is 11.6 Å². The molecule has 2 fully saturated rings. The van der Waals surface area contributed by atoms with Gasteiger partial charge in [-0.05, 0) is 42.7 Å². The van der Waals surface area contributed by atoms with E-state index in [2.05, 4.69) is 15.6 Å². The van der Waals surface area contributed by atoms with Crippen molar-refractivity contribution in [2.24, 2.45) is 0 Å². The van der Waals surface area contributed by atoms with E-state index in [1.54, 1.807) is 37.7 Å². The van der Waals surface area contributed by atoms with Crippen LogP contribution in [-0.2, 0) is 16.2 Å². The van der Waals surface area contributed by atoms with Crippen LogP contribution < -0.4 is 20.1 Å². The first-order valence-electron chi connectivity index (χ1n) is 11.1. The van der Waals surface area contributed by atoms with Gasteiger partial charge in [0, 0.05) is 37.1 Å². The summed E-state index contributed by atoms with van der Waals surface area (Å²) in [6.07, 6.45) is 7.62. The van der Waals surface area contributed by atoms with Gasteiger partial charge in [0.25, 0.3) is 5.91 Å². The van der Waals surface area contributed by atoms with Gasteiger partial charge in [-0.25, -0.2) is 4.79 Å². The number of rotatable bonds is 8. The van der Waals surface area contributed by atoms with E-state index in [0.29, 0.717) is 36.6 Å². The van der Waals surface area contributed by atoms with E-state index in [1.807, 2.05) is 12.1 Å². The molecule has 2 aromatic rings. The molecule has 0 radical (unpaired) electrons. The molecule has 0 unspecified atom stereocenters. The van der Waals surface area contributed by atoms with Gasteiger partial charge in [0.15, 0.2) is 11.5 Å². The monoisotopic (exact) mass is 452 g/mol. The average molecular weight is 453 g/mol. The third-order valence-corrected chi connectivity index (χ3v) is 6.11. The summed E-state index contributed by atoms with van der Waals surface area (Å²) >= 11 is 0. The van der Waals surface area contributed by atoms with Crippen molar-refractivity contribution in [2.45, 2.75) is 50.7 Å². The standard InChI is InChI=1S/C24H28N4O5/c1-32-19-6-5-18(15-20(19)33-16-17-7-12-25-13-8-17)26-21(29)9-14-28-22(30)24(27-23(28)31)10-3-2-4-11-24/h5-8,12-13,15H,2-4,9-11,14,16H2,1H3,(H,26,29)(H,27,31). The van der Waals surface area contributed by atoms with E-state index in [0.717, 1.165) is 24.8 Å². The minimum atomic E-state index is -0.775. The third-order valence-electron chi connectivity index (χ3n) is 6.11. The van der Waals surface area contributed by atoms with Crippen LogP contribution in [0, 0.1) is 0 Å². The lowest BCUT2D eigenvalue weighted by Crippen LogP contribution is -2.48. The van der Waals surface area contributed by atoms with Crippen molar-refractivity contribution in [1.29, 1.82) is 0 Å². The predicted octanol–water partition coefficient (Wildman–Crippen LogP) is 3.25. The minimum absolute atomic E-state index is 0.00841. The molecule has 9 heteroatoms. The molecule has 1 saturated heterocycles. The highest BCUT2D eigenvalue weighted by Gasteiger charge is 2.51. The number of ether oxygens (including phenoxy) is 2. The molecule has 33 heavy (non-hydrogen) atoms. The maximum absolute atomic E-state index is 12.8. The Hall–Kier alpha value is -3.62. The maximum atomic E-state index is 12.8. The number of amides is 4. The number of nitrogens with zero attached hydrogens (tertiary/aromatic N) is 2. The van der Waals surface area contributed by atoms with Crippen molar-refractivity contribution in [3.63, 3.8) is 0 Å². The van der Waals surface area contributed by atoms with Crippen LogP contribution >= 0.6 is 0 Å². The molecule has 4 amide bonds. The smallest absolute Gasteiger partial charge is 0.325 e.